The first-order chi connectivity index (χ1) is 29.2. The molecule has 5 aromatic rings. The van der Waals surface area contributed by atoms with E-state index in [0.717, 1.165) is 110 Å². The van der Waals surface area contributed by atoms with Gasteiger partial charge in [-0.2, -0.15) is 0 Å². The van der Waals surface area contributed by atoms with Crippen LogP contribution >= 0.6 is 0 Å². The maximum atomic E-state index is 13.3. The summed E-state index contributed by atoms with van der Waals surface area (Å²) < 4.78 is 5.72. The summed E-state index contributed by atoms with van der Waals surface area (Å²) in [5.41, 5.74) is 9.29. The Kier molecular flexibility index (Phi) is 11.3. The van der Waals surface area contributed by atoms with Crippen LogP contribution < -0.4 is 20.7 Å². The lowest BCUT2D eigenvalue weighted by Gasteiger charge is -2.37. The minimum atomic E-state index is -0.373. The number of imide groups is 1. The lowest BCUT2D eigenvalue weighted by molar-refractivity contribution is -0.146. The number of nitrogens with zero attached hydrogens (tertiary/aromatic N) is 7. The molecule has 4 aliphatic heterocycles. The van der Waals surface area contributed by atoms with Gasteiger partial charge < -0.3 is 25.6 Å². The fourth-order valence-electron chi connectivity index (χ4n) is 8.82. The predicted molar refractivity (Wildman–Crippen MR) is 232 cm³/mol. The zero-order chi connectivity index (χ0) is 41.2. The largest absolute Gasteiger partial charge is 0.474 e. The molecule has 6 heterocycles. The van der Waals surface area contributed by atoms with E-state index >= 15 is 0 Å². The Hall–Kier alpha value is -6.12. The molecule has 14 nitrogen and oxygen atoms in total. The number of pyridine rings is 1. The van der Waals surface area contributed by atoms with Crippen molar-refractivity contribution in [1.82, 2.24) is 34.6 Å². The highest BCUT2D eigenvalue weighted by Gasteiger charge is 2.32. The second-order valence-corrected chi connectivity index (χ2v) is 16.4. The summed E-state index contributed by atoms with van der Waals surface area (Å²) in [4.78, 5) is 59.5. The van der Waals surface area contributed by atoms with E-state index in [-0.39, 0.29) is 23.8 Å². The van der Waals surface area contributed by atoms with Crippen LogP contribution in [0, 0.1) is 6.92 Å². The molecule has 3 amide bonds. The van der Waals surface area contributed by atoms with E-state index in [2.05, 4.69) is 91.2 Å². The van der Waals surface area contributed by atoms with Crippen LogP contribution in [0.15, 0.2) is 79.1 Å². The molecular formula is C46H52N10O4. The Balaban J connectivity index is 0.712. The van der Waals surface area contributed by atoms with Crippen molar-refractivity contribution in [2.75, 3.05) is 82.0 Å². The van der Waals surface area contributed by atoms with Gasteiger partial charge in [0.25, 0.3) is 5.91 Å². The van der Waals surface area contributed by atoms with Crippen molar-refractivity contribution in [3.63, 3.8) is 0 Å². The number of piperazine rings is 1. The minimum absolute atomic E-state index is 0.123. The average molecular weight is 809 g/mol. The van der Waals surface area contributed by atoms with E-state index < -0.39 is 0 Å². The molecule has 0 bridgehead atoms. The summed E-state index contributed by atoms with van der Waals surface area (Å²) in [6.07, 6.45) is 6.63. The van der Waals surface area contributed by atoms with E-state index in [1.54, 1.807) is 7.05 Å². The van der Waals surface area contributed by atoms with Crippen LogP contribution in [-0.2, 0) is 20.9 Å². The van der Waals surface area contributed by atoms with Crippen LogP contribution in [0.25, 0.3) is 22.0 Å². The molecule has 1 atom stereocenters. The van der Waals surface area contributed by atoms with Crippen molar-refractivity contribution in [2.45, 2.75) is 51.1 Å². The Morgan fingerprint density at radius 2 is 1.63 bits per heavy atom. The number of piperidine rings is 2. The van der Waals surface area contributed by atoms with Crippen molar-refractivity contribution in [1.29, 1.82) is 0 Å². The van der Waals surface area contributed by atoms with Crippen molar-refractivity contribution in [2.24, 2.45) is 0 Å². The van der Waals surface area contributed by atoms with Crippen LogP contribution in [0.3, 0.4) is 0 Å². The number of carbonyl (C=O) groups is 3. The number of likely N-dealkylation sites (N-methyl/N-ethyl adjacent to an activating group) is 1. The van der Waals surface area contributed by atoms with Crippen LogP contribution in [0.5, 0.6) is 5.88 Å². The average Bonchev–Trinajstić information content (AvgIpc) is 3.28. The summed E-state index contributed by atoms with van der Waals surface area (Å²) in [5, 5.41) is 11.1. The second kappa shape index (κ2) is 17.2. The third kappa shape index (κ3) is 8.61. The molecule has 2 aromatic heterocycles. The molecule has 3 N–H and O–H groups in total. The van der Waals surface area contributed by atoms with Crippen LogP contribution in [0.2, 0.25) is 0 Å². The van der Waals surface area contributed by atoms with Gasteiger partial charge in [-0.15, -0.1) is 0 Å². The molecule has 0 spiro atoms. The number of likely N-dealkylation sites (tertiary alicyclic amines) is 2. The summed E-state index contributed by atoms with van der Waals surface area (Å²) >= 11 is 0. The number of benzene rings is 3. The molecule has 1 unspecified atom stereocenters. The monoisotopic (exact) mass is 808 g/mol. The number of carbonyl (C=O) groups excluding carboxylic acids is 3. The van der Waals surface area contributed by atoms with Gasteiger partial charge in [0, 0.05) is 87.5 Å². The third-order valence-corrected chi connectivity index (χ3v) is 12.5. The van der Waals surface area contributed by atoms with Crippen LogP contribution in [-0.4, -0.2) is 124 Å². The number of rotatable bonds is 10. The van der Waals surface area contributed by atoms with Gasteiger partial charge in [-0.1, -0.05) is 36.4 Å². The zero-order valence-corrected chi connectivity index (χ0v) is 34.3. The zero-order valence-electron chi connectivity index (χ0n) is 34.3. The highest BCUT2D eigenvalue weighted by atomic mass is 16.5. The maximum Gasteiger partial charge on any atom is 0.251 e. The van der Waals surface area contributed by atoms with Gasteiger partial charge in [-0.05, 0) is 97.8 Å². The third-order valence-electron chi connectivity index (χ3n) is 12.5. The molecule has 4 aliphatic rings. The first-order valence-corrected chi connectivity index (χ1v) is 21.1. The molecule has 14 heteroatoms. The number of hydrogen-bond acceptors (Lipinski definition) is 12. The number of nitrogens with one attached hydrogen (secondary N) is 3. The fourth-order valence-corrected chi connectivity index (χ4v) is 8.82. The van der Waals surface area contributed by atoms with Crippen molar-refractivity contribution in [3.05, 3.63) is 95.8 Å². The highest BCUT2D eigenvalue weighted by Crippen LogP contribution is 2.36. The fraction of sp³-hybridized carbons (Fsp3) is 0.391. The number of fused-ring (bicyclic) bond motifs is 2. The molecule has 0 aliphatic carbocycles. The van der Waals surface area contributed by atoms with Gasteiger partial charge in [-0.25, -0.2) is 15.0 Å². The molecule has 0 radical (unpaired) electrons. The smallest absolute Gasteiger partial charge is 0.251 e. The second-order valence-electron chi connectivity index (χ2n) is 16.4. The van der Waals surface area contributed by atoms with Gasteiger partial charge in [0.05, 0.1) is 12.1 Å². The number of hydrogen-bond donors (Lipinski definition) is 3. The normalized spacial score (nSPS) is 19.1. The molecule has 9 rings (SSSR count). The minimum Gasteiger partial charge on any atom is -0.474 e. The van der Waals surface area contributed by atoms with E-state index in [0.29, 0.717) is 43.7 Å². The molecule has 3 fully saturated rings. The Morgan fingerprint density at radius 1 is 0.867 bits per heavy atom. The van der Waals surface area contributed by atoms with Crippen molar-refractivity contribution >= 4 is 51.6 Å². The van der Waals surface area contributed by atoms with Crippen LogP contribution in [0.4, 0.5) is 23.0 Å². The molecule has 310 valence electrons. The predicted octanol–water partition coefficient (Wildman–Crippen LogP) is 5.63. The molecule has 3 saturated heterocycles. The number of aromatic nitrogens is 3. The Labute approximate surface area is 350 Å². The quantitative estimate of drug-likeness (QED) is 0.150. The summed E-state index contributed by atoms with van der Waals surface area (Å²) in [7, 11) is 1.55. The first kappa shape index (κ1) is 39.3. The first-order valence-electron chi connectivity index (χ1n) is 21.1. The lowest BCUT2D eigenvalue weighted by Crippen LogP contribution is -2.51. The number of amides is 3. The highest BCUT2D eigenvalue weighted by molar-refractivity contribution is 6.01. The number of ether oxygens (including phenoxy) is 1. The van der Waals surface area contributed by atoms with Gasteiger partial charge in [-0.3, -0.25) is 29.1 Å². The summed E-state index contributed by atoms with van der Waals surface area (Å²) in [5.74, 6) is 1.55. The Bertz CT molecular complexity index is 2370. The van der Waals surface area contributed by atoms with Crippen molar-refractivity contribution in [3.8, 4) is 17.0 Å². The molecular weight excluding hydrogens is 757 g/mol. The van der Waals surface area contributed by atoms with E-state index in [1.165, 1.54) is 16.0 Å². The van der Waals surface area contributed by atoms with Crippen molar-refractivity contribution < 1.29 is 19.1 Å². The van der Waals surface area contributed by atoms with Gasteiger partial charge in [0.2, 0.25) is 23.6 Å². The molecule has 3 aromatic carbocycles. The number of anilines is 4. The lowest BCUT2D eigenvalue weighted by atomic mass is 9.89. The van der Waals surface area contributed by atoms with E-state index in [9.17, 15) is 14.4 Å². The maximum absolute atomic E-state index is 13.3. The van der Waals surface area contributed by atoms with Gasteiger partial charge in [0.15, 0.2) is 0 Å². The van der Waals surface area contributed by atoms with Crippen LogP contribution in [0.1, 0.15) is 48.3 Å². The molecule has 0 saturated carbocycles. The Morgan fingerprint density at radius 3 is 2.42 bits per heavy atom. The van der Waals surface area contributed by atoms with E-state index in [1.807, 2.05) is 35.5 Å². The topological polar surface area (TPSA) is 148 Å². The van der Waals surface area contributed by atoms with Gasteiger partial charge in [0.1, 0.15) is 18.3 Å². The summed E-state index contributed by atoms with van der Waals surface area (Å²) in [6, 6.07) is 22.6. The van der Waals surface area contributed by atoms with E-state index in [4.69, 9.17) is 9.72 Å². The SMILES string of the molecule is Cc1c(-c2ccc3cnc(Nc4ccc(CN5CCN(C(=O)CN6CCC(c7ccc(NC8CCC(=O)N(C)C8=O)cc7)CC6)CC5)cc4)nc3c2)cnc2c1NCCO2. The summed E-state index contributed by atoms with van der Waals surface area (Å²) in [6.45, 7) is 9.73. The van der Waals surface area contributed by atoms with Gasteiger partial charge >= 0.3 is 0 Å². The standard InChI is InChI=1S/C46H52N10O4/c1-30-38(27-48-44-43(30)47-17-24-60-44)34-5-6-35-26-49-46(52-40(35)25-34)51-37-9-3-31(4-10-37)28-55-20-22-56(23-21-55)42(58)29-54-18-15-33(16-19-54)32-7-11-36(12-8-32)50-39-13-14-41(57)53(2)45(39)59/h3-12,25-27,33,39,47,50H,13-24,28-29H2,1-2H3,(H,49,51,52). The molecule has 60 heavy (non-hydrogen) atoms.